The van der Waals surface area contributed by atoms with Crippen LogP contribution in [-0.4, -0.2) is 17.2 Å². The van der Waals surface area contributed by atoms with Gasteiger partial charge in [0.1, 0.15) is 5.75 Å². The van der Waals surface area contributed by atoms with Crippen LogP contribution in [0.4, 0.5) is 0 Å². The van der Waals surface area contributed by atoms with Crippen molar-refractivity contribution in [2.75, 3.05) is 0 Å². The first-order valence-corrected chi connectivity index (χ1v) is 7.28. The third kappa shape index (κ3) is 2.92. The molecule has 3 rings (SSSR count). The highest BCUT2D eigenvalue weighted by molar-refractivity contribution is 6.11. The third-order valence-corrected chi connectivity index (χ3v) is 3.79. The van der Waals surface area contributed by atoms with Gasteiger partial charge in [0.25, 0.3) is 5.91 Å². The van der Waals surface area contributed by atoms with Gasteiger partial charge in [0.05, 0.1) is 0 Å². The van der Waals surface area contributed by atoms with Gasteiger partial charge in [-0.25, -0.2) is 0 Å². The summed E-state index contributed by atoms with van der Waals surface area (Å²) in [6.45, 7) is 0.256. The number of aromatic hydroxyl groups is 1. The maximum Gasteiger partial charge on any atom is 0.252 e. The number of para-hydroxylation sites is 1. The number of fused-ring (bicyclic) bond motifs is 1. The normalized spacial score (nSPS) is 10.4. The van der Waals surface area contributed by atoms with Crippen LogP contribution in [0.5, 0.6) is 5.75 Å². The van der Waals surface area contributed by atoms with Gasteiger partial charge in [-0.1, -0.05) is 48.5 Å². The molecule has 3 N–H and O–H groups in total. The van der Waals surface area contributed by atoms with E-state index in [1.54, 1.807) is 30.3 Å². The Labute approximate surface area is 133 Å². The second kappa shape index (κ2) is 6.32. The summed E-state index contributed by atoms with van der Waals surface area (Å²) in [6, 6.07) is 17.9. The Kier molecular flexibility index (Phi) is 4.06. The summed E-state index contributed by atoms with van der Waals surface area (Å²) >= 11 is 0. The molecule has 0 unspecified atom stereocenters. The van der Waals surface area contributed by atoms with E-state index in [0.29, 0.717) is 11.1 Å². The van der Waals surface area contributed by atoms with Gasteiger partial charge in [0.15, 0.2) is 0 Å². The summed E-state index contributed by atoms with van der Waals surface area (Å²) < 4.78 is 0. The molecule has 23 heavy (non-hydrogen) atoms. The van der Waals surface area contributed by atoms with E-state index in [1.165, 1.54) is 6.21 Å². The monoisotopic (exact) mass is 304 g/mol. The number of hydrogen-bond acceptors (Lipinski definition) is 3. The molecule has 4 nitrogen and oxygen atoms in total. The zero-order valence-corrected chi connectivity index (χ0v) is 12.4. The third-order valence-electron chi connectivity index (χ3n) is 3.79. The SMILES string of the molecule is N=Cc1ccc(C(=O)NCc2ccccc2O)c2ccccc12. The molecule has 0 aliphatic rings. The van der Waals surface area contributed by atoms with Crippen LogP contribution in [0.3, 0.4) is 0 Å². The van der Waals surface area contributed by atoms with Gasteiger partial charge in [-0.15, -0.1) is 0 Å². The zero-order valence-electron chi connectivity index (χ0n) is 12.4. The van der Waals surface area contributed by atoms with Crippen LogP contribution in [0.2, 0.25) is 0 Å². The smallest absolute Gasteiger partial charge is 0.252 e. The summed E-state index contributed by atoms with van der Waals surface area (Å²) in [5.41, 5.74) is 2.00. The maximum atomic E-state index is 12.5. The lowest BCUT2D eigenvalue weighted by Crippen LogP contribution is -2.23. The Hall–Kier alpha value is -3.14. The fraction of sp³-hybridized carbons (Fsp3) is 0.0526. The van der Waals surface area contributed by atoms with Gasteiger partial charge in [0, 0.05) is 23.9 Å². The van der Waals surface area contributed by atoms with Crippen molar-refractivity contribution in [2.24, 2.45) is 0 Å². The predicted octanol–water partition coefficient (Wildman–Crippen LogP) is 3.47. The van der Waals surface area contributed by atoms with E-state index in [9.17, 15) is 9.90 Å². The quantitative estimate of drug-likeness (QED) is 0.646. The number of hydrogen-bond donors (Lipinski definition) is 3. The lowest BCUT2D eigenvalue weighted by atomic mass is 9.99. The summed E-state index contributed by atoms with van der Waals surface area (Å²) in [6.07, 6.45) is 1.28. The number of rotatable bonds is 4. The van der Waals surface area contributed by atoms with Gasteiger partial charge in [0.2, 0.25) is 0 Å². The Morgan fingerprint density at radius 3 is 2.43 bits per heavy atom. The number of phenols is 1. The van der Waals surface area contributed by atoms with Crippen molar-refractivity contribution >= 4 is 22.9 Å². The molecule has 0 fully saturated rings. The highest BCUT2D eigenvalue weighted by Gasteiger charge is 2.12. The number of carbonyl (C=O) groups is 1. The van der Waals surface area contributed by atoms with E-state index >= 15 is 0 Å². The molecule has 0 radical (unpaired) electrons. The Bertz CT molecular complexity index is 887. The van der Waals surface area contributed by atoms with Gasteiger partial charge in [-0.2, -0.15) is 0 Å². The van der Waals surface area contributed by atoms with Crippen molar-refractivity contribution in [1.29, 1.82) is 5.41 Å². The van der Waals surface area contributed by atoms with Crippen LogP contribution < -0.4 is 5.32 Å². The number of carbonyl (C=O) groups excluding carboxylic acids is 1. The number of phenolic OH excluding ortho intramolecular Hbond substituents is 1. The van der Waals surface area contributed by atoms with Crippen LogP contribution in [-0.2, 0) is 6.54 Å². The largest absolute Gasteiger partial charge is 0.508 e. The van der Waals surface area contributed by atoms with Crippen LogP contribution >= 0.6 is 0 Å². The van der Waals surface area contributed by atoms with Gasteiger partial charge in [-0.05, 0) is 28.5 Å². The maximum absolute atomic E-state index is 12.5. The first kappa shape index (κ1) is 14.8. The molecule has 0 aliphatic carbocycles. The topological polar surface area (TPSA) is 73.2 Å². The van der Waals surface area contributed by atoms with E-state index in [2.05, 4.69) is 5.32 Å². The average molecular weight is 304 g/mol. The molecule has 0 atom stereocenters. The number of nitrogens with one attached hydrogen (secondary N) is 2. The molecule has 0 heterocycles. The van der Waals surface area contributed by atoms with Crippen LogP contribution in [0.1, 0.15) is 21.5 Å². The molecule has 0 saturated heterocycles. The summed E-state index contributed by atoms with van der Waals surface area (Å²) in [7, 11) is 0. The van der Waals surface area contributed by atoms with Crippen LogP contribution in [0.15, 0.2) is 60.7 Å². The molecule has 0 saturated carbocycles. The van der Waals surface area contributed by atoms with E-state index in [4.69, 9.17) is 5.41 Å². The summed E-state index contributed by atoms with van der Waals surface area (Å²) in [5, 5.41) is 21.7. The molecule has 4 heteroatoms. The first-order valence-electron chi connectivity index (χ1n) is 7.28. The van der Waals surface area contributed by atoms with Gasteiger partial charge in [-0.3, -0.25) is 4.79 Å². The fourth-order valence-electron chi connectivity index (χ4n) is 2.58. The first-order chi connectivity index (χ1) is 11.2. The Balaban J connectivity index is 1.90. The molecule has 1 amide bonds. The standard InChI is InChI=1S/C19H16N2O2/c20-11-13-9-10-17(16-7-3-2-6-15(13)16)19(23)21-12-14-5-1-4-8-18(14)22/h1-11,20,22H,12H2,(H,21,23). The second-order valence-corrected chi connectivity index (χ2v) is 5.20. The van der Waals surface area contributed by atoms with E-state index < -0.39 is 0 Å². The fourth-order valence-corrected chi connectivity index (χ4v) is 2.58. The van der Waals surface area contributed by atoms with Crippen molar-refractivity contribution in [3.05, 3.63) is 77.4 Å². The van der Waals surface area contributed by atoms with E-state index in [1.807, 2.05) is 30.3 Å². The predicted molar refractivity (Wildman–Crippen MR) is 91.1 cm³/mol. The van der Waals surface area contributed by atoms with Gasteiger partial charge < -0.3 is 15.8 Å². The van der Waals surface area contributed by atoms with Crippen LogP contribution in [0.25, 0.3) is 10.8 Å². The van der Waals surface area contributed by atoms with Crippen molar-refractivity contribution in [3.63, 3.8) is 0 Å². The Morgan fingerprint density at radius 2 is 1.70 bits per heavy atom. The highest BCUT2D eigenvalue weighted by Crippen LogP contribution is 2.22. The number of amides is 1. The van der Waals surface area contributed by atoms with Gasteiger partial charge >= 0.3 is 0 Å². The zero-order chi connectivity index (χ0) is 16.2. The minimum absolute atomic E-state index is 0.164. The minimum atomic E-state index is -0.207. The van der Waals surface area contributed by atoms with Crippen molar-refractivity contribution in [3.8, 4) is 5.75 Å². The highest BCUT2D eigenvalue weighted by atomic mass is 16.3. The molecular weight excluding hydrogens is 288 g/mol. The van der Waals surface area contributed by atoms with Crippen molar-refractivity contribution < 1.29 is 9.90 Å². The lowest BCUT2D eigenvalue weighted by molar-refractivity contribution is 0.0952. The minimum Gasteiger partial charge on any atom is -0.508 e. The average Bonchev–Trinajstić information content (AvgIpc) is 2.59. The molecule has 3 aromatic carbocycles. The molecule has 0 aliphatic heterocycles. The lowest BCUT2D eigenvalue weighted by Gasteiger charge is -2.10. The summed E-state index contributed by atoms with van der Waals surface area (Å²) in [5.74, 6) is -0.0437. The molecule has 0 bridgehead atoms. The van der Waals surface area contributed by atoms with Crippen molar-refractivity contribution in [2.45, 2.75) is 6.54 Å². The molecular formula is C19H16N2O2. The van der Waals surface area contributed by atoms with E-state index in [0.717, 1.165) is 16.3 Å². The molecule has 3 aromatic rings. The van der Waals surface area contributed by atoms with E-state index in [-0.39, 0.29) is 18.2 Å². The van der Waals surface area contributed by atoms with Crippen molar-refractivity contribution in [1.82, 2.24) is 5.32 Å². The Morgan fingerprint density at radius 1 is 1.00 bits per heavy atom. The summed E-state index contributed by atoms with van der Waals surface area (Å²) in [4.78, 5) is 12.5. The van der Waals surface area contributed by atoms with Crippen LogP contribution in [0, 0.1) is 5.41 Å². The second-order valence-electron chi connectivity index (χ2n) is 5.20. The molecule has 114 valence electrons. The molecule has 0 aromatic heterocycles. The number of benzene rings is 3. The molecule has 0 spiro atoms.